The fraction of sp³-hybridized carbons (Fsp3) is 0.647. The molecule has 0 aliphatic heterocycles. The standard InChI is InChI=1S/C17H28ClNO3/c1-5-7-8-22-16-14(18)9-13(10-15(16)21-6-2)11-19-17(3,4)12-20/h9-10,19-20H,5-8,11-12H2,1-4H3/p+1. The van der Waals surface area contributed by atoms with E-state index in [1.165, 1.54) is 0 Å². The molecule has 22 heavy (non-hydrogen) atoms. The van der Waals surface area contributed by atoms with Crippen LogP contribution < -0.4 is 14.8 Å². The second kappa shape index (κ2) is 9.23. The Morgan fingerprint density at radius 1 is 1.23 bits per heavy atom. The van der Waals surface area contributed by atoms with Crippen molar-refractivity contribution in [3.63, 3.8) is 0 Å². The zero-order valence-corrected chi connectivity index (χ0v) is 14.9. The normalized spacial score (nSPS) is 11.5. The topological polar surface area (TPSA) is 55.3 Å². The molecular formula is C17H29ClNO3+. The summed E-state index contributed by atoms with van der Waals surface area (Å²) in [5.74, 6) is 1.32. The summed E-state index contributed by atoms with van der Waals surface area (Å²) in [5, 5.41) is 12.0. The first-order valence-corrected chi connectivity index (χ1v) is 8.34. The van der Waals surface area contributed by atoms with Crippen LogP contribution in [-0.2, 0) is 6.54 Å². The van der Waals surface area contributed by atoms with Gasteiger partial charge in [-0.3, -0.25) is 0 Å². The lowest BCUT2D eigenvalue weighted by molar-refractivity contribution is -0.736. The molecule has 3 N–H and O–H groups in total. The van der Waals surface area contributed by atoms with E-state index in [9.17, 15) is 5.11 Å². The molecule has 1 rings (SSSR count). The number of unbranched alkanes of at least 4 members (excludes halogenated alkanes) is 1. The minimum Gasteiger partial charge on any atom is -0.490 e. The van der Waals surface area contributed by atoms with Gasteiger partial charge in [0.15, 0.2) is 11.5 Å². The second-order valence-corrected chi connectivity index (χ2v) is 6.50. The molecule has 0 heterocycles. The monoisotopic (exact) mass is 330 g/mol. The van der Waals surface area contributed by atoms with Crippen molar-refractivity contribution >= 4 is 11.6 Å². The molecule has 0 saturated heterocycles. The lowest BCUT2D eigenvalue weighted by atomic mass is 10.1. The van der Waals surface area contributed by atoms with Gasteiger partial charge in [0, 0.05) is 5.56 Å². The number of quaternary nitrogens is 1. The number of aliphatic hydroxyl groups is 1. The summed E-state index contributed by atoms with van der Waals surface area (Å²) in [6.45, 7) is 10.1. The predicted octanol–water partition coefficient (Wildman–Crippen LogP) is 2.75. The van der Waals surface area contributed by atoms with Gasteiger partial charge >= 0.3 is 0 Å². The SMILES string of the molecule is CCCCOc1c(Cl)cc(C[NH2+]C(C)(C)CO)cc1OCC. The number of nitrogens with two attached hydrogens (primary N) is 1. The zero-order chi connectivity index (χ0) is 16.6. The van der Waals surface area contributed by atoms with Crippen LogP contribution in [-0.4, -0.2) is 30.5 Å². The third-order valence-electron chi connectivity index (χ3n) is 3.41. The van der Waals surface area contributed by atoms with E-state index in [1.54, 1.807) is 0 Å². The van der Waals surface area contributed by atoms with Crippen molar-refractivity contribution in [1.29, 1.82) is 0 Å². The van der Waals surface area contributed by atoms with E-state index >= 15 is 0 Å². The van der Waals surface area contributed by atoms with Gasteiger partial charge in [-0.1, -0.05) is 24.9 Å². The largest absolute Gasteiger partial charge is 0.490 e. The van der Waals surface area contributed by atoms with Gasteiger partial charge in [0.2, 0.25) is 0 Å². The van der Waals surface area contributed by atoms with Crippen molar-refractivity contribution in [3.05, 3.63) is 22.7 Å². The molecular weight excluding hydrogens is 302 g/mol. The molecule has 0 atom stereocenters. The van der Waals surface area contributed by atoms with Gasteiger partial charge in [-0.2, -0.15) is 0 Å². The third kappa shape index (κ3) is 6.03. The van der Waals surface area contributed by atoms with E-state index in [-0.39, 0.29) is 12.1 Å². The predicted molar refractivity (Wildman–Crippen MR) is 89.8 cm³/mol. The Morgan fingerprint density at radius 3 is 2.55 bits per heavy atom. The molecule has 0 aromatic heterocycles. The van der Waals surface area contributed by atoms with Crippen LogP contribution >= 0.6 is 11.6 Å². The number of benzene rings is 1. The van der Waals surface area contributed by atoms with Crippen LogP contribution in [0.5, 0.6) is 11.5 Å². The molecule has 5 heteroatoms. The van der Waals surface area contributed by atoms with Crippen LogP contribution in [0.15, 0.2) is 12.1 Å². The van der Waals surface area contributed by atoms with Gasteiger partial charge in [-0.25, -0.2) is 0 Å². The van der Waals surface area contributed by atoms with Gasteiger partial charge in [-0.15, -0.1) is 0 Å². The average molecular weight is 331 g/mol. The Labute approximate surface area is 138 Å². The van der Waals surface area contributed by atoms with Gasteiger partial charge in [0.05, 0.1) is 24.8 Å². The van der Waals surface area contributed by atoms with Crippen LogP contribution in [0.2, 0.25) is 5.02 Å². The fourth-order valence-corrected chi connectivity index (χ4v) is 2.21. The molecule has 0 fully saturated rings. The third-order valence-corrected chi connectivity index (χ3v) is 3.69. The molecule has 0 saturated carbocycles. The molecule has 1 aromatic carbocycles. The van der Waals surface area contributed by atoms with Crippen molar-refractivity contribution in [2.75, 3.05) is 19.8 Å². The minimum atomic E-state index is -0.214. The van der Waals surface area contributed by atoms with Crippen LogP contribution in [0.1, 0.15) is 46.1 Å². The first kappa shape index (κ1) is 19.1. The Hall–Kier alpha value is -0.970. The number of hydrogen-bond acceptors (Lipinski definition) is 3. The van der Waals surface area contributed by atoms with Crippen LogP contribution in [0.3, 0.4) is 0 Å². The minimum absolute atomic E-state index is 0.122. The fourth-order valence-electron chi connectivity index (χ4n) is 1.92. The summed E-state index contributed by atoms with van der Waals surface area (Å²) < 4.78 is 11.5. The average Bonchev–Trinajstić information content (AvgIpc) is 2.48. The van der Waals surface area contributed by atoms with Gasteiger partial charge in [0.1, 0.15) is 12.1 Å². The van der Waals surface area contributed by atoms with Crippen LogP contribution in [0, 0.1) is 0 Å². The molecule has 0 unspecified atom stereocenters. The molecule has 0 aliphatic rings. The first-order chi connectivity index (χ1) is 10.4. The van der Waals surface area contributed by atoms with Crippen LogP contribution in [0.4, 0.5) is 0 Å². The highest BCUT2D eigenvalue weighted by Gasteiger charge is 2.20. The highest BCUT2D eigenvalue weighted by Crippen LogP contribution is 2.36. The number of aliphatic hydroxyl groups excluding tert-OH is 1. The molecule has 0 spiro atoms. The van der Waals surface area contributed by atoms with E-state index in [1.807, 2.05) is 32.9 Å². The Kier molecular flexibility index (Phi) is 8.01. The summed E-state index contributed by atoms with van der Waals surface area (Å²) in [5.41, 5.74) is 0.840. The lowest BCUT2D eigenvalue weighted by Gasteiger charge is -2.20. The van der Waals surface area contributed by atoms with E-state index in [4.69, 9.17) is 21.1 Å². The molecule has 126 valence electrons. The van der Waals surface area contributed by atoms with E-state index in [0.29, 0.717) is 29.7 Å². The Bertz CT molecular complexity index is 463. The van der Waals surface area contributed by atoms with E-state index in [2.05, 4.69) is 12.2 Å². The zero-order valence-electron chi connectivity index (χ0n) is 14.1. The maximum absolute atomic E-state index is 9.33. The Balaban J connectivity index is 2.88. The maximum Gasteiger partial charge on any atom is 0.179 e. The molecule has 0 bridgehead atoms. The summed E-state index contributed by atoms with van der Waals surface area (Å²) >= 11 is 6.36. The van der Waals surface area contributed by atoms with Crippen molar-refractivity contribution in [3.8, 4) is 11.5 Å². The maximum atomic E-state index is 9.33. The van der Waals surface area contributed by atoms with Crippen molar-refractivity contribution < 1.29 is 19.9 Å². The van der Waals surface area contributed by atoms with Gasteiger partial charge < -0.3 is 19.9 Å². The summed E-state index contributed by atoms with van der Waals surface area (Å²) in [6, 6.07) is 3.88. The highest BCUT2D eigenvalue weighted by atomic mass is 35.5. The number of rotatable bonds is 10. The summed E-state index contributed by atoms with van der Waals surface area (Å²) in [7, 11) is 0. The van der Waals surface area contributed by atoms with Crippen molar-refractivity contribution in [1.82, 2.24) is 0 Å². The van der Waals surface area contributed by atoms with Gasteiger partial charge in [0.25, 0.3) is 0 Å². The first-order valence-electron chi connectivity index (χ1n) is 7.96. The smallest absolute Gasteiger partial charge is 0.179 e. The van der Waals surface area contributed by atoms with Crippen molar-refractivity contribution in [2.24, 2.45) is 0 Å². The van der Waals surface area contributed by atoms with Gasteiger partial charge in [-0.05, 0) is 39.3 Å². The number of ether oxygens (including phenoxy) is 2. The highest BCUT2D eigenvalue weighted by molar-refractivity contribution is 6.32. The number of hydrogen-bond donors (Lipinski definition) is 2. The van der Waals surface area contributed by atoms with Crippen molar-refractivity contribution in [2.45, 2.75) is 52.6 Å². The molecule has 0 amide bonds. The second-order valence-electron chi connectivity index (χ2n) is 6.09. The molecule has 0 aliphatic carbocycles. The summed E-state index contributed by atoms with van der Waals surface area (Å²) in [4.78, 5) is 0. The molecule has 4 nitrogen and oxygen atoms in total. The quantitative estimate of drug-likeness (QED) is 0.649. The molecule has 0 radical (unpaired) electrons. The molecule has 1 aromatic rings. The van der Waals surface area contributed by atoms with E-state index in [0.717, 1.165) is 24.9 Å². The van der Waals surface area contributed by atoms with Crippen LogP contribution in [0.25, 0.3) is 0 Å². The van der Waals surface area contributed by atoms with E-state index < -0.39 is 0 Å². The summed E-state index contributed by atoms with van der Waals surface area (Å²) in [6.07, 6.45) is 2.06. The Morgan fingerprint density at radius 2 is 1.95 bits per heavy atom. The lowest BCUT2D eigenvalue weighted by Crippen LogP contribution is -2.95. The number of halogens is 1.